The van der Waals surface area contributed by atoms with Gasteiger partial charge in [-0.1, -0.05) is 67.1 Å². The lowest BCUT2D eigenvalue weighted by Gasteiger charge is -2.39. The molecule has 0 bridgehead atoms. The van der Waals surface area contributed by atoms with Gasteiger partial charge in [-0.3, -0.25) is 13.9 Å². The topological polar surface area (TPSA) is 102 Å². The molecule has 3 aromatic rings. The van der Waals surface area contributed by atoms with Crippen molar-refractivity contribution >= 4 is 44.8 Å². The summed E-state index contributed by atoms with van der Waals surface area (Å²) in [4.78, 5) is 31.4. The minimum Gasteiger partial charge on any atom is -0.366 e. The monoisotopic (exact) mass is 637 g/mol. The molecule has 2 heterocycles. The Balaban J connectivity index is 1.30. The number of carbonyl (C=O) groups excluding carboxylic acids is 2. The van der Waals surface area contributed by atoms with E-state index in [4.69, 9.17) is 11.6 Å². The van der Waals surface area contributed by atoms with E-state index in [2.05, 4.69) is 21.6 Å². The molecule has 2 N–H and O–H groups in total. The van der Waals surface area contributed by atoms with Crippen LogP contribution in [-0.4, -0.2) is 76.2 Å². The number of carbonyl (C=O) groups is 2. The largest absolute Gasteiger partial charge is 0.366 e. The highest BCUT2D eigenvalue weighted by Crippen LogP contribution is 2.32. The molecule has 0 unspecified atom stereocenters. The molecule has 1 saturated heterocycles. The summed E-state index contributed by atoms with van der Waals surface area (Å²) in [6.07, 6.45) is 2.82. The highest BCUT2D eigenvalue weighted by molar-refractivity contribution is 7.92. The average Bonchev–Trinajstić information content (AvgIpc) is 3.03. The van der Waals surface area contributed by atoms with E-state index in [1.807, 2.05) is 61.5 Å². The maximum Gasteiger partial charge on any atom is 0.245 e. The molecule has 0 saturated carbocycles. The van der Waals surface area contributed by atoms with Gasteiger partial charge in [-0.2, -0.15) is 0 Å². The molecule has 2 aliphatic rings. The Morgan fingerprint density at radius 2 is 1.64 bits per heavy atom. The fourth-order valence-corrected chi connectivity index (χ4v) is 7.12. The lowest BCUT2D eigenvalue weighted by Crippen LogP contribution is -2.58. The minimum absolute atomic E-state index is 0.138. The molecule has 1 fully saturated rings. The first-order valence-corrected chi connectivity index (χ1v) is 17.3. The van der Waals surface area contributed by atoms with Gasteiger partial charge in [0.2, 0.25) is 21.8 Å². The molecule has 9 nitrogen and oxygen atoms in total. The van der Waals surface area contributed by atoms with E-state index in [0.717, 1.165) is 16.8 Å². The summed E-state index contributed by atoms with van der Waals surface area (Å²) in [6, 6.07) is 21.7. The van der Waals surface area contributed by atoms with Crippen LogP contribution in [0.15, 0.2) is 72.8 Å². The van der Waals surface area contributed by atoms with Gasteiger partial charge in [-0.05, 0) is 53.8 Å². The van der Waals surface area contributed by atoms with Crippen LogP contribution in [0.4, 0.5) is 11.4 Å². The van der Waals surface area contributed by atoms with E-state index in [9.17, 15) is 18.0 Å². The van der Waals surface area contributed by atoms with Crippen LogP contribution < -0.4 is 19.8 Å². The summed E-state index contributed by atoms with van der Waals surface area (Å²) in [7, 11) is -3.46. The van der Waals surface area contributed by atoms with E-state index in [1.54, 1.807) is 17.0 Å². The van der Waals surface area contributed by atoms with Crippen LogP contribution in [0.1, 0.15) is 30.0 Å². The number of halogens is 1. The summed E-state index contributed by atoms with van der Waals surface area (Å²) < 4.78 is 26.7. The summed E-state index contributed by atoms with van der Waals surface area (Å²) in [5.74, 6) is -0.336. The van der Waals surface area contributed by atoms with Crippen LogP contribution in [0, 0.1) is 0 Å². The molecule has 0 aliphatic carbocycles. The van der Waals surface area contributed by atoms with Crippen molar-refractivity contribution in [3.05, 3.63) is 94.5 Å². The number of fused-ring (bicyclic) bond motifs is 1. The number of amides is 2. The quantitative estimate of drug-likeness (QED) is 0.352. The van der Waals surface area contributed by atoms with Crippen molar-refractivity contribution < 1.29 is 18.0 Å². The van der Waals surface area contributed by atoms with Crippen molar-refractivity contribution in [1.29, 1.82) is 0 Å². The zero-order valence-corrected chi connectivity index (χ0v) is 26.8. The van der Waals surface area contributed by atoms with Crippen molar-refractivity contribution in [1.82, 2.24) is 15.5 Å². The van der Waals surface area contributed by atoms with Gasteiger partial charge in [-0.15, -0.1) is 0 Å². The standard InChI is InChI=1S/C33H40ClN5O4S/c1-3-16-39(44(2,42)43)31-11-7-6-10-30(31)37-17-19-38(20-18-37)33(41)29(21-24-12-14-27(34)15-13-24)36-32(40)28-22-25-8-4-5-9-26(25)23-35-28/h4-15,28-29,35H,3,16-23H2,1-2H3,(H,36,40)/t28-,29+/m0/s1. The minimum atomic E-state index is -3.46. The second-order valence-corrected chi connectivity index (χ2v) is 13.8. The van der Waals surface area contributed by atoms with Gasteiger partial charge >= 0.3 is 0 Å². The maximum atomic E-state index is 14.0. The number of piperazine rings is 1. The van der Waals surface area contributed by atoms with Crippen LogP contribution in [0.5, 0.6) is 0 Å². The second kappa shape index (κ2) is 14.0. The molecule has 2 atom stereocenters. The Morgan fingerprint density at radius 1 is 0.977 bits per heavy atom. The maximum absolute atomic E-state index is 14.0. The third-order valence-corrected chi connectivity index (χ3v) is 9.71. The predicted molar refractivity (Wildman–Crippen MR) is 176 cm³/mol. The summed E-state index contributed by atoms with van der Waals surface area (Å²) in [5, 5.41) is 6.99. The molecule has 11 heteroatoms. The first-order chi connectivity index (χ1) is 21.1. The van der Waals surface area contributed by atoms with Crippen LogP contribution in [0.25, 0.3) is 0 Å². The van der Waals surface area contributed by atoms with Gasteiger partial charge in [0.25, 0.3) is 0 Å². The smallest absolute Gasteiger partial charge is 0.245 e. The molecule has 3 aromatic carbocycles. The van der Waals surface area contributed by atoms with Crippen molar-refractivity contribution in [2.75, 3.05) is 48.2 Å². The first-order valence-electron chi connectivity index (χ1n) is 15.1. The second-order valence-electron chi connectivity index (χ2n) is 11.4. The van der Waals surface area contributed by atoms with Gasteiger partial charge in [0, 0.05) is 50.7 Å². The Labute approximate surface area is 265 Å². The third kappa shape index (κ3) is 7.54. The van der Waals surface area contributed by atoms with Gasteiger partial charge in [0.05, 0.1) is 23.7 Å². The third-order valence-electron chi connectivity index (χ3n) is 8.27. The number of rotatable bonds is 10. The molecular formula is C33H40ClN5O4S. The Bertz CT molecular complexity index is 1570. The molecule has 0 radical (unpaired) electrons. The number of para-hydroxylation sites is 2. The van der Waals surface area contributed by atoms with E-state index in [0.29, 0.717) is 69.2 Å². The number of hydrogen-bond donors (Lipinski definition) is 2. The first kappa shape index (κ1) is 31.8. The zero-order chi connectivity index (χ0) is 31.3. The van der Waals surface area contributed by atoms with Gasteiger partial charge in [-0.25, -0.2) is 8.42 Å². The molecule has 2 amide bonds. The van der Waals surface area contributed by atoms with Crippen molar-refractivity contribution in [2.24, 2.45) is 0 Å². The summed E-state index contributed by atoms with van der Waals surface area (Å²) >= 11 is 6.10. The molecule has 234 valence electrons. The lowest BCUT2D eigenvalue weighted by molar-refractivity contribution is -0.137. The van der Waals surface area contributed by atoms with E-state index < -0.39 is 22.1 Å². The van der Waals surface area contributed by atoms with Gasteiger partial charge < -0.3 is 20.4 Å². The fourth-order valence-electron chi connectivity index (χ4n) is 5.97. The molecule has 2 aliphatic heterocycles. The van der Waals surface area contributed by atoms with Crippen molar-refractivity contribution in [2.45, 2.75) is 44.8 Å². The SMILES string of the molecule is CCCN(c1ccccc1N1CCN(C(=O)[C@@H](Cc2ccc(Cl)cc2)NC(=O)[C@@H]2Cc3ccccc3CN2)CC1)S(C)(=O)=O. The average molecular weight is 638 g/mol. The Morgan fingerprint density at radius 3 is 2.32 bits per heavy atom. The predicted octanol–water partition coefficient (Wildman–Crippen LogP) is 3.61. The van der Waals surface area contributed by atoms with Gasteiger partial charge in [0.15, 0.2) is 0 Å². The number of nitrogens with zero attached hydrogens (tertiary/aromatic N) is 3. The molecule has 0 aromatic heterocycles. The van der Waals surface area contributed by atoms with Gasteiger partial charge in [0.1, 0.15) is 6.04 Å². The van der Waals surface area contributed by atoms with Crippen LogP contribution in [0.2, 0.25) is 5.02 Å². The van der Waals surface area contributed by atoms with E-state index >= 15 is 0 Å². The normalized spacial score (nSPS) is 17.5. The number of hydrogen-bond acceptors (Lipinski definition) is 6. The molecule has 44 heavy (non-hydrogen) atoms. The Hall–Kier alpha value is -3.60. The Kier molecular flexibility index (Phi) is 10.1. The number of anilines is 2. The van der Waals surface area contributed by atoms with Crippen molar-refractivity contribution in [3.8, 4) is 0 Å². The fraction of sp³-hybridized carbons (Fsp3) is 0.394. The zero-order valence-electron chi connectivity index (χ0n) is 25.2. The number of nitrogens with one attached hydrogen (secondary N) is 2. The van der Waals surface area contributed by atoms with Crippen LogP contribution in [0.3, 0.4) is 0 Å². The van der Waals surface area contributed by atoms with Crippen molar-refractivity contribution in [3.63, 3.8) is 0 Å². The molecular weight excluding hydrogens is 598 g/mol. The lowest BCUT2D eigenvalue weighted by atomic mass is 9.95. The van der Waals surface area contributed by atoms with E-state index in [1.165, 1.54) is 16.1 Å². The highest BCUT2D eigenvalue weighted by atomic mass is 35.5. The van der Waals surface area contributed by atoms with Crippen LogP contribution in [-0.2, 0) is 39.0 Å². The van der Waals surface area contributed by atoms with E-state index in [-0.39, 0.29) is 11.8 Å². The summed E-state index contributed by atoms with van der Waals surface area (Å²) in [6.45, 7) is 4.91. The molecule has 5 rings (SSSR count). The number of benzene rings is 3. The number of sulfonamides is 1. The highest BCUT2D eigenvalue weighted by Gasteiger charge is 2.33. The van der Waals surface area contributed by atoms with Crippen LogP contribution >= 0.6 is 11.6 Å². The molecule has 0 spiro atoms. The summed E-state index contributed by atoms with van der Waals surface area (Å²) in [5.41, 5.74) is 4.69.